The van der Waals surface area contributed by atoms with Crippen molar-refractivity contribution in [2.24, 2.45) is 5.41 Å². The maximum absolute atomic E-state index is 13.4. The van der Waals surface area contributed by atoms with E-state index in [1.54, 1.807) is 12.1 Å². The highest BCUT2D eigenvalue weighted by atomic mass is 19.1. The van der Waals surface area contributed by atoms with Crippen LogP contribution in [0.25, 0.3) is 0 Å². The molecule has 0 saturated carbocycles. The smallest absolute Gasteiger partial charge is 0.127 e. The fourth-order valence-corrected chi connectivity index (χ4v) is 1.75. The van der Waals surface area contributed by atoms with Gasteiger partial charge in [0.25, 0.3) is 0 Å². The van der Waals surface area contributed by atoms with Crippen LogP contribution >= 0.6 is 0 Å². The standard InChI is InChI=1S/C13H20FNO/c1-13(2,10-16)9-15(3)8-11-6-4-5-7-12(11)14/h4-7,16H,8-10H2,1-3H3. The number of hydrogen-bond donors (Lipinski definition) is 1. The lowest BCUT2D eigenvalue weighted by Gasteiger charge is -2.28. The average molecular weight is 225 g/mol. The van der Waals surface area contributed by atoms with E-state index < -0.39 is 0 Å². The van der Waals surface area contributed by atoms with Crippen molar-refractivity contribution in [3.05, 3.63) is 35.6 Å². The molecular weight excluding hydrogens is 205 g/mol. The molecule has 1 rings (SSSR count). The third-order valence-electron chi connectivity index (χ3n) is 2.52. The second-order valence-electron chi connectivity index (χ2n) is 5.09. The van der Waals surface area contributed by atoms with E-state index in [0.29, 0.717) is 12.1 Å². The van der Waals surface area contributed by atoms with Gasteiger partial charge in [0, 0.05) is 30.7 Å². The molecule has 0 bridgehead atoms. The van der Waals surface area contributed by atoms with E-state index in [-0.39, 0.29) is 17.8 Å². The van der Waals surface area contributed by atoms with E-state index in [9.17, 15) is 4.39 Å². The van der Waals surface area contributed by atoms with Crippen molar-refractivity contribution < 1.29 is 9.50 Å². The van der Waals surface area contributed by atoms with E-state index in [1.165, 1.54) is 6.07 Å². The third kappa shape index (κ3) is 3.91. The van der Waals surface area contributed by atoms with Gasteiger partial charge in [-0.2, -0.15) is 0 Å². The van der Waals surface area contributed by atoms with Crippen LogP contribution in [-0.2, 0) is 6.54 Å². The quantitative estimate of drug-likeness (QED) is 0.831. The minimum atomic E-state index is -0.170. The van der Waals surface area contributed by atoms with Crippen LogP contribution in [0.5, 0.6) is 0 Å². The van der Waals surface area contributed by atoms with E-state index in [0.717, 1.165) is 6.54 Å². The molecule has 0 aromatic heterocycles. The molecule has 1 aromatic carbocycles. The van der Waals surface area contributed by atoms with Crippen LogP contribution in [0.2, 0.25) is 0 Å². The molecule has 90 valence electrons. The summed E-state index contributed by atoms with van der Waals surface area (Å²) in [7, 11) is 1.93. The van der Waals surface area contributed by atoms with E-state index in [4.69, 9.17) is 5.11 Å². The summed E-state index contributed by atoms with van der Waals surface area (Å²) in [5.74, 6) is -0.170. The van der Waals surface area contributed by atoms with Crippen molar-refractivity contribution in [2.45, 2.75) is 20.4 Å². The Hall–Kier alpha value is -0.930. The number of aliphatic hydroxyl groups is 1. The van der Waals surface area contributed by atoms with Crippen LogP contribution in [0.3, 0.4) is 0 Å². The Morgan fingerprint density at radius 3 is 2.50 bits per heavy atom. The van der Waals surface area contributed by atoms with Crippen LogP contribution < -0.4 is 0 Å². The topological polar surface area (TPSA) is 23.5 Å². The Kier molecular flexibility index (Phi) is 4.44. The van der Waals surface area contributed by atoms with Gasteiger partial charge in [-0.3, -0.25) is 0 Å². The summed E-state index contributed by atoms with van der Waals surface area (Å²) in [6.07, 6.45) is 0. The maximum Gasteiger partial charge on any atom is 0.127 e. The molecule has 0 saturated heterocycles. The highest BCUT2D eigenvalue weighted by Crippen LogP contribution is 2.17. The minimum absolute atomic E-state index is 0.134. The number of aliphatic hydroxyl groups excluding tert-OH is 1. The van der Waals surface area contributed by atoms with Crippen molar-refractivity contribution in [3.8, 4) is 0 Å². The Bertz CT molecular complexity index is 338. The molecule has 0 unspecified atom stereocenters. The number of halogens is 1. The van der Waals surface area contributed by atoms with E-state index >= 15 is 0 Å². The summed E-state index contributed by atoms with van der Waals surface area (Å²) in [6, 6.07) is 6.79. The van der Waals surface area contributed by atoms with Gasteiger partial charge in [0.1, 0.15) is 5.82 Å². The molecule has 0 heterocycles. The maximum atomic E-state index is 13.4. The Balaban J connectivity index is 2.58. The molecule has 1 aromatic rings. The van der Waals surface area contributed by atoms with Crippen molar-refractivity contribution in [1.29, 1.82) is 0 Å². The molecule has 0 spiro atoms. The zero-order valence-corrected chi connectivity index (χ0v) is 10.2. The fourth-order valence-electron chi connectivity index (χ4n) is 1.75. The van der Waals surface area contributed by atoms with Gasteiger partial charge in [-0.05, 0) is 13.1 Å². The van der Waals surface area contributed by atoms with Crippen molar-refractivity contribution in [3.63, 3.8) is 0 Å². The molecule has 0 aliphatic heterocycles. The fraction of sp³-hybridized carbons (Fsp3) is 0.538. The van der Waals surface area contributed by atoms with Gasteiger partial charge < -0.3 is 10.0 Å². The first kappa shape index (κ1) is 13.1. The lowest BCUT2D eigenvalue weighted by atomic mass is 9.94. The zero-order chi connectivity index (χ0) is 12.2. The predicted molar refractivity (Wildman–Crippen MR) is 63.6 cm³/mol. The van der Waals surface area contributed by atoms with Gasteiger partial charge in [0.05, 0.1) is 0 Å². The number of benzene rings is 1. The SMILES string of the molecule is CN(Cc1ccccc1F)CC(C)(C)CO. The molecule has 0 fully saturated rings. The summed E-state index contributed by atoms with van der Waals surface area (Å²) in [5.41, 5.74) is 0.541. The normalized spacial score (nSPS) is 12.1. The summed E-state index contributed by atoms with van der Waals surface area (Å²) in [6.45, 7) is 5.41. The van der Waals surface area contributed by atoms with Crippen molar-refractivity contribution in [2.75, 3.05) is 20.2 Å². The second-order valence-corrected chi connectivity index (χ2v) is 5.09. The minimum Gasteiger partial charge on any atom is -0.396 e. The highest BCUT2D eigenvalue weighted by molar-refractivity contribution is 5.16. The number of rotatable bonds is 5. The summed E-state index contributed by atoms with van der Waals surface area (Å²) in [4.78, 5) is 2.02. The van der Waals surface area contributed by atoms with Gasteiger partial charge >= 0.3 is 0 Å². The molecule has 0 radical (unpaired) electrons. The summed E-state index contributed by atoms with van der Waals surface area (Å²) < 4.78 is 13.4. The first-order chi connectivity index (χ1) is 7.44. The summed E-state index contributed by atoms with van der Waals surface area (Å²) >= 11 is 0. The second kappa shape index (κ2) is 5.41. The van der Waals surface area contributed by atoms with Crippen LogP contribution in [0.4, 0.5) is 4.39 Å². The van der Waals surface area contributed by atoms with Gasteiger partial charge in [-0.25, -0.2) is 4.39 Å². The molecule has 1 N–H and O–H groups in total. The number of hydrogen-bond acceptors (Lipinski definition) is 2. The van der Waals surface area contributed by atoms with Crippen molar-refractivity contribution >= 4 is 0 Å². The zero-order valence-electron chi connectivity index (χ0n) is 10.2. The monoisotopic (exact) mass is 225 g/mol. The van der Waals surface area contributed by atoms with E-state index in [1.807, 2.05) is 31.9 Å². The lowest BCUT2D eigenvalue weighted by Crippen LogP contribution is -2.33. The highest BCUT2D eigenvalue weighted by Gasteiger charge is 2.19. The molecule has 16 heavy (non-hydrogen) atoms. The first-order valence-corrected chi connectivity index (χ1v) is 5.47. The average Bonchev–Trinajstić information content (AvgIpc) is 2.21. The van der Waals surface area contributed by atoms with Gasteiger partial charge in [-0.15, -0.1) is 0 Å². The Labute approximate surface area is 96.7 Å². The van der Waals surface area contributed by atoms with Crippen LogP contribution in [-0.4, -0.2) is 30.2 Å². The predicted octanol–water partition coefficient (Wildman–Crippen LogP) is 2.28. The molecule has 0 amide bonds. The molecule has 3 heteroatoms. The molecular formula is C13H20FNO. The Morgan fingerprint density at radius 2 is 1.94 bits per heavy atom. The van der Waals surface area contributed by atoms with Gasteiger partial charge in [-0.1, -0.05) is 32.0 Å². The van der Waals surface area contributed by atoms with Gasteiger partial charge in [0.2, 0.25) is 0 Å². The molecule has 0 aliphatic rings. The molecule has 2 nitrogen and oxygen atoms in total. The third-order valence-corrected chi connectivity index (χ3v) is 2.52. The largest absolute Gasteiger partial charge is 0.396 e. The summed E-state index contributed by atoms with van der Waals surface area (Å²) in [5, 5.41) is 9.16. The first-order valence-electron chi connectivity index (χ1n) is 5.47. The lowest BCUT2D eigenvalue weighted by molar-refractivity contribution is 0.112. The molecule has 0 aliphatic carbocycles. The van der Waals surface area contributed by atoms with Crippen LogP contribution in [0.1, 0.15) is 19.4 Å². The van der Waals surface area contributed by atoms with Crippen molar-refractivity contribution in [1.82, 2.24) is 4.90 Å². The van der Waals surface area contributed by atoms with Crippen LogP contribution in [0.15, 0.2) is 24.3 Å². The molecule has 0 atom stereocenters. The van der Waals surface area contributed by atoms with Gasteiger partial charge in [0.15, 0.2) is 0 Å². The van der Waals surface area contributed by atoms with E-state index in [2.05, 4.69) is 0 Å². The van der Waals surface area contributed by atoms with Crippen LogP contribution in [0, 0.1) is 11.2 Å². The Morgan fingerprint density at radius 1 is 1.31 bits per heavy atom. The number of nitrogens with zero attached hydrogens (tertiary/aromatic N) is 1.